The Hall–Kier alpha value is -3.14. The first-order valence-electron chi connectivity index (χ1n) is 9.41. The quantitative estimate of drug-likeness (QED) is 0.705. The number of aryl methyl sites for hydroxylation is 1. The van der Waals surface area contributed by atoms with Crippen LogP contribution in [0.25, 0.3) is 22.2 Å². The number of benzene rings is 1. The normalized spacial score (nSPS) is 15.4. The minimum atomic E-state index is -0.233. The Morgan fingerprint density at radius 3 is 2.44 bits per heavy atom. The maximum Gasteiger partial charge on any atom is 0.268 e. The van der Waals surface area contributed by atoms with Crippen LogP contribution in [0.2, 0.25) is 0 Å². The van der Waals surface area contributed by atoms with Crippen molar-refractivity contribution in [3.63, 3.8) is 0 Å². The highest BCUT2D eigenvalue weighted by Crippen LogP contribution is 2.27. The summed E-state index contributed by atoms with van der Waals surface area (Å²) in [6.07, 6.45) is 9.72. The maximum absolute atomic E-state index is 13.6. The molecule has 4 nitrogen and oxygen atoms in total. The maximum atomic E-state index is 13.6. The van der Waals surface area contributed by atoms with Crippen LogP contribution in [0, 0.1) is 0 Å². The van der Waals surface area contributed by atoms with Crippen LogP contribution >= 0.6 is 0 Å². The van der Waals surface area contributed by atoms with Crippen LogP contribution < -0.4 is 11.0 Å². The van der Waals surface area contributed by atoms with Crippen LogP contribution in [-0.2, 0) is 19.9 Å². The largest absolute Gasteiger partial charge is 0.347 e. The summed E-state index contributed by atoms with van der Waals surface area (Å²) in [4.78, 5) is 26.8. The Morgan fingerprint density at radius 1 is 1.00 bits per heavy atom. The van der Waals surface area contributed by atoms with Crippen molar-refractivity contribution in [3.8, 4) is 5.69 Å². The zero-order chi connectivity index (χ0) is 18.5. The molecule has 2 aromatic heterocycles. The van der Waals surface area contributed by atoms with Gasteiger partial charge in [0.2, 0.25) is 0 Å². The fourth-order valence-electron chi connectivity index (χ4n) is 4.28. The van der Waals surface area contributed by atoms with Gasteiger partial charge >= 0.3 is 0 Å². The van der Waals surface area contributed by atoms with Crippen molar-refractivity contribution in [2.75, 3.05) is 0 Å². The van der Waals surface area contributed by atoms with E-state index < -0.39 is 0 Å². The number of fused-ring (bicyclic) bond motifs is 2. The third-order valence-electron chi connectivity index (χ3n) is 5.76. The fourth-order valence-corrected chi connectivity index (χ4v) is 4.28. The zero-order valence-corrected chi connectivity index (χ0v) is 15.2. The minimum Gasteiger partial charge on any atom is -0.347 e. The molecule has 2 aliphatic rings. The van der Waals surface area contributed by atoms with Crippen molar-refractivity contribution in [1.29, 1.82) is 0 Å². The lowest BCUT2D eigenvalue weighted by molar-refractivity contribution is 0.636. The van der Waals surface area contributed by atoms with Gasteiger partial charge in [-0.2, -0.15) is 0 Å². The highest BCUT2D eigenvalue weighted by molar-refractivity contribution is 5.87. The van der Waals surface area contributed by atoms with Gasteiger partial charge < -0.3 is 4.57 Å². The van der Waals surface area contributed by atoms with Crippen molar-refractivity contribution in [3.05, 3.63) is 92.2 Å². The number of rotatable bonds is 2. The zero-order valence-electron chi connectivity index (χ0n) is 15.2. The van der Waals surface area contributed by atoms with Gasteiger partial charge in [0, 0.05) is 24.0 Å². The number of para-hydroxylation sites is 1. The lowest BCUT2D eigenvalue weighted by Gasteiger charge is -2.23. The smallest absolute Gasteiger partial charge is 0.268 e. The highest BCUT2D eigenvalue weighted by atomic mass is 16.1. The molecule has 0 amide bonds. The molecule has 0 spiro atoms. The Bertz CT molecular complexity index is 1260. The summed E-state index contributed by atoms with van der Waals surface area (Å²) in [6.45, 7) is 0. The summed E-state index contributed by atoms with van der Waals surface area (Å²) in [5.74, 6) is 0. The molecule has 0 atom stereocenters. The molecule has 5 rings (SSSR count). The van der Waals surface area contributed by atoms with Gasteiger partial charge in [0.25, 0.3) is 5.56 Å². The number of aromatic nitrogens is 2. The van der Waals surface area contributed by atoms with Gasteiger partial charge in [0.15, 0.2) is 5.43 Å². The molecule has 2 aliphatic carbocycles. The van der Waals surface area contributed by atoms with E-state index >= 15 is 0 Å². The molecule has 0 bridgehead atoms. The fraction of sp³-hybridized carbons (Fsp3) is 0.217. The van der Waals surface area contributed by atoms with E-state index in [9.17, 15) is 9.59 Å². The predicted octanol–water partition coefficient (Wildman–Crippen LogP) is 3.52. The van der Waals surface area contributed by atoms with Crippen molar-refractivity contribution in [1.82, 2.24) is 9.13 Å². The van der Waals surface area contributed by atoms with E-state index in [-0.39, 0.29) is 11.0 Å². The van der Waals surface area contributed by atoms with E-state index in [1.54, 1.807) is 4.57 Å². The predicted molar refractivity (Wildman–Crippen MR) is 109 cm³/mol. The lowest BCUT2D eigenvalue weighted by Crippen LogP contribution is -2.31. The number of allylic oxidation sites excluding steroid dienone is 4. The van der Waals surface area contributed by atoms with Gasteiger partial charge in [-0.15, -0.1) is 0 Å². The first kappa shape index (κ1) is 16.1. The van der Waals surface area contributed by atoms with Crippen LogP contribution in [-0.4, -0.2) is 9.13 Å². The Morgan fingerprint density at radius 2 is 1.74 bits per heavy atom. The molecule has 0 unspecified atom stereocenters. The molecule has 0 saturated heterocycles. The summed E-state index contributed by atoms with van der Waals surface area (Å²) in [5.41, 5.74) is 4.92. The average molecular weight is 356 g/mol. The number of hydrogen-bond acceptors (Lipinski definition) is 2. The van der Waals surface area contributed by atoms with Gasteiger partial charge in [-0.1, -0.05) is 36.4 Å². The van der Waals surface area contributed by atoms with E-state index in [2.05, 4.69) is 4.57 Å². The second kappa shape index (κ2) is 5.95. The summed E-state index contributed by atoms with van der Waals surface area (Å²) < 4.78 is 3.74. The second-order valence-corrected chi connectivity index (χ2v) is 7.27. The van der Waals surface area contributed by atoms with E-state index in [4.69, 9.17) is 0 Å². The SMILES string of the molecule is Cn1c2c(c(=O)c3c(=O)n(-c4ccccc4)c(C4=CC=C4)cc31)CCCC2. The third-order valence-corrected chi connectivity index (χ3v) is 5.76. The third kappa shape index (κ3) is 2.29. The Balaban J connectivity index is 1.95. The Labute approximate surface area is 156 Å². The minimum absolute atomic E-state index is 0.0860. The summed E-state index contributed by atoms with van der Waals surface area (Å²) >= 11 is 0. The molecule has 134 valence electrons. The first-order valence-corrected chi connectivity index (χ1v) is 9.41. The molecule has 2 heterocycles. The molecule has 1 aromatic carbocycles. The van der Waals surface area contributed by atoms with Crippen LogP contribution in [0.5, 0.6) is 0 Å². The molecule has 0 aliphatic heterocycles. The first-order chi connectivity index (χ1) is 13.2. The number of nitrogens with zero attached hydrogens (tertiary/aromatic N) is 2. The monoisotopic (exact) mass is 356 g/mol. The molecule has 0 saturated carbocycles. The summed E-state index contributed by atoms with van der Waals surface area (Å²) in [7, 11) is 1.98. The van der Waals surface area contributed by atoms with Crippen LogP contribution in [0.3, 0.4) is 0 Å². The van der Waals surface area contributed by atoms with Gasteiger partial charge in [0.1, 0.15) is 5.39 Å². The van der Waals surface area contributed by atoms with Gasteiger partial charge in [-0.3, -0.25) is 14.2 Å². The van der Waals surface area contributed by atoms with E-state index in [1.807, 2.05) is 61.7 Å². The van der Waals surface area contributed by atoms with Crippen LogP contribution in [0.1, 0.15) is 29.8 Å². The summed E-state index contributed by atoms with van der Waals surface area (Å²) in [5, 5.41) is 0.301. The van der Waals surface area contributed by atoms with Crippen LogP contribution in [0.4, 0.5) is 0 Å². The van der Waals surface area contributed by atoms with Gasteiger partial charge in [-0.25, -0.2) is 0 Å². The number of hydrogen-bond donors (Lipinski definition) is 0. The van der Waals surface area contributed by atoms with Gasteiger partial charge in [0.05, 0.1) is 11.2 Å². The molecular weight excluding hydrogens is 336 g/mol. The Kier molecular flexibility index (Phi) is 3.54. The van der Waals surface area contributed by atoms with Crippen molar-refractivity contribution in [2.24, 2.45) is 7.05 Å². The van der Waals surface area contributed by atoms with Crippen molar-refractivity contribution in [2.45, 2.75) is 25.7 Å². The van der Waals surface area contributed by atoms with Crippen LogP contribution in [0.15, 0.2) is 64.2 Å². The highest BCUT2D eigenvalue weighted by Gasteiger charge is 2.23. The van der Waals surface area contributed by atoms with E-state index in [1.165, 1.54) is 0 Å². The van der Waals surface area contributed by atoms with Crippen molar-refractivity contribution >= 4 is 16.5 Å². The molecule has 0 radical (unpaired) electrons. The lowest BCUT2D eigenvalue weighted by atomic mass is 9.93. The molecular formula is C23H20N2O2. The van der Waals surface area contributed by atoms with E-state index in [0.29, 0.717) is 5.39 Å². The second-order valence-electron chi connectivity index (χ2n) is 7.27. The molecule has 0 N–H and O–H groups in total. The van der Waals surface area contributed by atoms with E-state index in [0.717, 1.165) is 59.4 Å². The van der Waals surface area contributed by atoms with Gasteiger partial charge in [-0.05, 0) is 49.5 Å². The molecule has 3 aromatic rings. The molecule has 27 heavy (non-hydrogen) atoms. The molecule has 4 heteroatoms. The summed E-state index contributed by atoms with van der Waals surface area (Å²) in [6, 6.07) is 11.5. The molecule has 0 fully saturated rings. The average Bonchev–Trinajstić information content (AvgIpc) is 2.65. The standard InChI is InChI=1S/C23H20N2O2/c1-24-18-13-6-5-12-17(18)22(26)21-20(24)14-19(15-8-7-9-15)25(23(21)27)16-10-3-2-4-11-16/h2-4,7-11,14H,5-6,12-13H2,1H3. The topological polar surface area (TPSA) is 44.0 Å². The van der Waals surface area contributed by atoms with Crippen molar-refractivity contribution < 1.29 is 0 Å². The number of pyridine rings is 2.